The molecule has 3 N–H and O–H groups in total. The van der Waals surface area contributed by atoms with E-state index < -0.39 is 5.82 Å². The van der Waals surface area contributed by atoms with Crippen molar-refractivity contribution < 1.29 is 14.5 Å². The zero-order valence-electron chi connectivity index (χ0n) is 12.5. The lowest BCUT2D eigenvalue weighted by Gasteiger charge is -2.17. The fourth-order valence-corrected chi connectivity index (χ4v) is 2.44. The molecule has 0 fully saturated rings. The van der Waals surface area contributed by atoms with Gasteiger partial charge in [-0.2, -0.15) is 0 Å². The van der Waals surface area contributed by atoms with Crippen molar-refractivity contribution in [1.82, 2.24) is 0 Å². The van der Waals surface area contributed by atoms with Crippen LogP contribution in [0.4, 0.5) is 10.1 Å². The number of anilines is 1. The topological polar surface area (TPSA) is 45.7 Å². The van der Waals surface area contributed by atoms with Gasteiger partial charge in [-0.15, -0.1) is 0 Å². The van der Waals surface area contributed by atoms with E-state index in [1.54, 1.807) is 0 Å². The first-order chi connectivity index (χ1) is 10.5. The quantitative estimate of drug-likeness (QED) is 0.873. The van der Waals surface area contributed by atoms with E-state index in [2.05, 4.69) is 5.32 Å². The Kier molecular flexibility index (Phi) is 5.52. The highest BCUT2D eigenvalue weighted by molar-refractivity contribution is 6.33. The van der Waals surface area contributed by atoms with E-state index in [1.807, 2.05) is 49.5 Å². The molecule has 0 radical (unpaired) electrons. The smallest absolute Gasteiger partial charge is 0.282 e. The summed E-state index contributed by atoms with van der Waals surface area (Å²) in [7, 11) is 0. The van der Waals surface area contributed by atoms with Crippen LogP contribution in [-0.4, -0.2) is 11.9 Å². The standard InChI is InChI=1S/C17H18ClFN2O/c1-11(13-6-4-3-5-7-13)20-12(2)17(22)21-16-9-8-14(19)10-15(16)18/h3-12,20H,1-2H3,(H,21,22)/p+1/t11-,12-/m0/s1. The van der Waals surface area contributed by atoms with Crippen LogP contribution in [0.3, 0.4) is 0 Å². The highest BCUT2D eigenvalue weighted by atomic mass is 35.5. The minimum atomic E-state index is -0.430. The van der Waals surface area contributed by atoms with Gasteiger partial charge in [-0.25, -0.2) is 4.39 Å². The van der Waals surface area contributed by atoms with Crippen LogP contribution in [-0.2, 0) is 4.79 Å². The van der Waals surface area contributed by atoms with Crippen molar-refractivity contribution in [3.8, 4) is 0 Å². The third kappa shape index (κ3) is 4.29. The maximum absolute atomic E-state index is 13.0. The van der Waals surface area contributed by atoms with E-state index in [0.29, 0.717) is 5.69 Å². The molecule has 3 nitrogen and oxygen atoms in total. The molecule has 116 valence electrons. The van der Waals surface area contributed by atoms with E-state index in [0.717, 1.165) is 5.56 Å². The second-order valence-corrected chi connectivity index (χ2v) is 5.70. The van der Waals surface area contributed by atoms with Crippen molar-refractivity contribution in [3.63, 3.8) is 0 Å². The van der Waals surface area contributed by atoms with E-state index >= 15 is 0 Å². The number of carbonyl (C=O) groups excluding carboxylic acids is 1. The van der Waals surface area contributed by atoms with Gasteiger partial charge in [0.2, 0.25) is 0 Å². The van der Waals surface area contributed by atoms with Gasteiger partial charge < -0.3 is 10.6 Å². The molecule has 0 bridgehead atoms. The van der Waals surface area contributed by atoms with Gasteiger partial charge in [0.05, 0.1) is 10.7 Å². The first kappa shape index (κ1) is 16.5. The van der Waals surface area contributed by atoms with Gasteiger partial charge in [-0.1, -0.05) is 41.9 Å². The second kappa shape index (κ2) is 7.38. The van der Waals surface area contributed by atoms with E-state index in [9.17, 15) is 9.18 Å². The number of hydrogen-bond donors (Lipinski definition) is 2. The Bertz CT molecular complexity index is 648. The Labute approximate surface area is 134 Å². The molecular weight excluding hydrogens is 303 g/mol. The first-order valence-corrected chi connectivity index (χ1v) is 7.51. The Balaban J connectivity index is 1.97. The number of amides is 1. The average molecular weight is 322 g/mol. The van der Waals surface area contributed by atoms with Crippen molar-refractivity contribution in [3.05, 3.63) is 64.9 Å². The van der Waals surface area contributed by atoms with Crippen molar-refractivity contribution in [2.75, 3.05) is 5.32 Å². The number of nitrogens with one attached hydrogen (secondary N) is 1. The fraction of sp³-hybridized carbons (Fsp3) is 0.235. The molecule has 0 aliphatic rings. The Hall–Kier alpha value is -1.91. The van der Waals surface area contributed by atoms with Crippen molar-refractivity contribution in [2.45, 2.75) is 25.9 Å². The zero-order valence-corrected chi connectivity index (χ0v) is 13.3. The summed E-state index contributed by atoms with van der Waals surface area (Å²) in [6.07, 6.45) is 0. The summed E-state index contributed by atoms with van der Waals surface area (Å²) in [5.74, 6) is -0.600. The average Bonchev–Trinajstić information content (AvgIpc) is 2.50. The number of halogens is 2. The van der Waals surface area contributed by atoms with Crippen LogP contribution in [0.25, 0.3) is 0 Å². The minimum absolute atomic E-state index is 0.158. The maximum atomic E-state index is 13.0. The van der Waals surface area contributed by atoms with Gasteiger partial charge in [-0.3, -0.25) is 4.79 Å². The van der Waals surface area contributed by atoms with Crippen LogP contribution in [0.5, 0.6) is 0 Å². The molecule has 22 heavy (non-hydrogen) atoms. The molecule has 2 aromatic rings. The molecule has 2 rings (SSSR count). The summed E-state index contributed by atoms with van der Waals surface area (Å²) in [5.41, 5.74) is 1.57. The summed E-state index contributed by atoms with van der Waals surface area (Å²) in [6.45, 7) is 3.87. The van der Waals surface area contributed by atoms with Crippen LogP contribution >= 0.6 is 11.6 Å². The summed E-state index contributed by atoms with van der Waals surface area (Å²) in [6, 6.07) is 13.7. The molecule has 0 heterocycles. The Morgan fingerprint density at radius 3 is 2.50 bits per heavy atom. The predicted octanol–water partition coefficient (Wildman–Crippen LogP) is 3.13. The molecule has 1 amide bonds. The number of hydrogen-bond acceptors (Lipinski definition) is 1. The lowest BCUT2D eigenvalue weighted by atomic mass is 10.1. The lowest BCUT2D eigenvalue weighted by molar-refractivity contribution is -0.709. The van der Waals surface area contributed by atoms with Crippen LogP contribution in [0.2, 0.25) is 5.02 Å². The van der Waals surface area contributed by atoms with Gasteiger partial charge in [0.1, 0.15) is 11.9 Å². The second-order valence-electron chi connectivity index (χ2n) is 5.29. The van der Waals surface area contributed by atoms with Crippen LogP contribution in [0.1, 0.15) is 25.5 Å². The number of nitrogens with two attached hydrogens (primary N) is 1. The zero-order chi connectivity index (χ0) is 16.1. The molecule has 0 spiro atoms. The highest BCUT2D eigenvalue weighted by Gasteiger charge is 2.21. The monoisotopic (exact) mass is 321 g/mol. The third-order valence-corrected chi connectivity index (χ3v) is 3.82. The minimum Gasteiger partial charge on any atom is -0.330 e. The Morgan fingerprint density at radius 2 is 1.86 bits per heavy atom. The molecule has 0 saturated heterocycles. The normalized spacial score (nSPS) is 13.5. The summed E-state index contributed by atoms with van der Waals surface area (Å²) >= 11 is 5.91. The highest BCUT2D eigenvalue weighted by Crippen LogP contribution is 2.22. The largest absolute Gasteiger partial charge is 0.330 e. The van der Waals surface area contributed by atoms with Crippen molar-refractivity contribution in [2.24, 2.45) is 0 Å². The van der Waals surface area contributed by atoms with Crippen LogP contribution < -0.4 is 10.6 Å². The van der Waals surface area contributed by atoms with Crippen LogP contribution in [0.15, 0.2) is 48.5 Å². The summed E-state index contributed by atoms with van der Waals surface area (Å²) < 4.78 is 13.0. The van der Waals surface area contributed by atoms with Gasteiger partial charge in [-0.05, 0) is 32.0 Å². The molecule has 0 aliphatic heterocycles. The number of carbonyl (C=O) groups is 1. The molecule has 0 aliphatic carbocycles. The molecule has 2 atom stereocenters. The maximum Gasteiger partial charge on any atom is 0.282 e. The van der Waals surface area contributed by atoms with Crippen molar-refractivity contribution >= 4 is 23.2 Å². The third-order valence-electron chi connectivity index (χ3n) is 3.51. The number of quaternary nitrogens is 1. The molecule has 0 saturated carbocycles. The molecular formula is C17H19ClFN2O+. The Morgan fingerprint density at radius 1 is 1.18 bits per heavy atom. The molecule has 0 unspecified atom stereocenters. The predicted molar refractivity (Wildman–Crippen MR) is 86.3 cm³/mol. The summed E-state index contributed by atoms with van der Waals surface area (Å²) in [5, 5.41) is 4.89. The van der Waals surface area contributed by atoms with Crippen molar-refractivity contribution in [1.29, 1.82) is 0 Å². The molecule has 2 aromatic carbocycles. The number of rotatable bonds is 5. The SMILES string of the molecule is C[C@H]([NH2+][C@@H](C)c1ccccc1)C(=O)Nc1ccc(F)cc1Cl. The molecule has 0 aromatic heterocycles. The van der Waals surface area contributed by atoms with E-state index in [4.69, 9.17) is 11.6 Å². The molecule has 5 heteroatoms. The van der Waals surface area contributed by atoms with Gasteiger partial charge >= 0.3 is 0 Å². The van der Waals surface area contributed by atoms with Gasteiger partial charge in [0, 0.05) is 5.56 Å². The van der Waals surface area contributed by atoms with Gasteiger partial charge in [0.25, 0.3) is 5.91 Å². The van der Waals surface area contributed by atoms with E-state index in [-0.39, 0.29) is 23.0 Å². The number of benzene rings is 2. The lowest BCUT2D eigenvalue weighted by Crippen LogP contribution is -2.91. The summed E-state index contributed by atoms with van der Waals surface area (Å²) in [4.78, 5) is 12.2. The van der Waals surface area contributed by atoms with E-state index in [1.165, 1.54) is 18.2 Å². The fourth-order valence-electron chi connectivity index (χ4n) is 2.23. The van der Waals surface area contributed by atoms with Crippen LogP contribution in [0, 0.1) is 5.82 Å². The first-order valence-electron chi connectivity index (χ1n) is 7.13. The van der Waals surface area contributed by atoms with Gasteiger partial charge in [0.15, 0.2) is 6.04 Å².